The van der Waals surface area contributed by atoms with Crippen LogP contribution in [0.3, 0.4) is 0 Å². The fourth-order valence-electron chi connectivity index (χ4n) is 9.27. The lowest BCUT2D eigenvalue weighted by Crippen LogP contribution is -2.84. The number of hydrogen-bond acceptors (Lipinski definition) is 20. The molecule has 5 rings (SSSR count). The number of hydrogen-bond donors (Lipinski definition) is 2. The summed E-state index contributed by atoms with van der Waals surface area (Å²) in [4.78, 5) is 111. The second-order valence-corrected chi connectivity index (χ2v) is 15.0. The van der Waals surface area contributed by atoms with Gasteiger partial charge in [0.05, 0.1) is 42.2 Å². The summed E-state index contributed by atoms with van der Waals surface area (Å²) in [7, 11) is 0. The highest BCUT2D eigenvalue weighted by molar-refractivity contribution is 5.90. The third-order valence-corrected chi connectivity index (χ3v) is 11.2. The second kappa shape index (κ2) is 16.9. The van der Waals surface area contributed by atoms with Gasteiger partial charge < -0.3 is 52.8 Å². The van der Waals surface area contributed by atoms with Gasteiger partial charge in [-0.15, -0.1) is 0 Å². The molecule has 20 heteroatoms. The zero-order valence-corrected chi connectivity index (χ0v) is 33.0. The van der Waals surface area contributed by atoms with Crippen molar-refractivity contribution in [2.24, 2.45) is 23.2 Å². The highest BCUT2D eigenvalue weighted by Gasteiger charge is 2.88. The number of aliphatic hydroxyl groups excluding tert-OH is 2. The Kier molecular flexibility index (Phi) is 12.8. The molecule has 4 bridgehead atoms. The molecule has 58 heavy (non-hydrogen) atoms. The molecular formula is C38H47NO19. The van der Waals surface area contributed by atoms with Crippen LogP contribution in [-0.2, 0) is 82.6 Å². The molecular weight excluding hydrogens is 774 g/mol. The van der Waals surface area contributed by atoms with E-state index in [0.29, 0.717) is 0 Å². The number of rotatable bonds is 9. The second-order valence-electron chi connectivity index (χ2n) is 15.0. The monoisotopic (exact) mass is 821 g/mol. The summed E-state index contributed by atoms with van der Waals surface area (Å²) in [6.45, 7) is 3.70. The molecule has 12 atom stereocenters. The van der Waals surface area contributed by atoms with Crippen LogP contribution in [0.25, 0.3) is 0 Å². The van der Waals surface area contributed by atoms with Crippen molar-refractivity contribution in [3.63, 3.8) is 0 Å². The predicted octanol–water partition coefficient (Wildman–Crippen LogP) is -0.307. The SMILES string of the molecule is CC(=O)OC[C@]12[C@H](OC(C)=O)[C@H](OC(C)=O)[C@H]3[C@@H](OC(C)=O)[C@@]14O[C@@]3(C)COC(=O)c1cccnc1CC[C@@H](CO)C(=O)O[C@@H]([C@H](OC(C)=O)[C@@H]2OC(C)=O)[C@H]4CO. The third-order valence-electron chi connectivity index (χ3n) is 11.2. The fraction of sp³-hybridized carbons (Fsp3) is 0.658. The van der Waals surface area contributed by atoms with E-state index in [4.69, 9.17) is 42.6 Å². The van der Waals surface area contributed by atoms with Gasteiger partial charge in [0, 0.05) is 47.7 Å². The van der Waals surface area contributed by atoms with Crippen molar-refractivity contribution >= 4 is 47.8 Å². The summed E-state index contributed by atoms with van der Waals surface area (Å²) >= 11 is 0. The van der Waals surface area contributed by atoms with Crippen LogP contribution in [0.2, 0.25) is 0 Å². The van der Waals surface area contributed by atoms with E-state index in [-0.39, 0.29) is 24.1 Å². The Morgan fingerprint density at radius 1 is 0.793 bits per heavy atom. The van der Waals surface area contributed by atoms with Gasteiger partial charge in [-0.25, -0.2) is 4.79 Å². The van der Waals surface area contributed by atoms with Crippen LogP contribution in [0.5, 0.6) is 0 Å². The van der Waals surface area contributed by atoms with Crippen LogP contribution in [0.15, 0.2) is 18.3 Å². The Balaban J connectivity index is 1.98. The van der Waals surface area contributed by atoms with Gasteiger partial charge in [-0.3, -0.25) is 38.5 Å². The molecule has 1 aromatic heterocycles. The molecule has 2 saturated carbocycles. The Bertz CT molecular complexity index is 1830. The van der Waals surface area contributed by atoms with Crippen molar-refractivity contribution in [1.82, 2.24) is 4.98 Å². The first-order chi connectivity index (χ1) is 27.3. The van der Waals surface area contributed by atoms with Gasteiger partial charge in [0.2, 0.25) is 0 Å². The Labute approximate surface area is 332 Å². The van der Waals surface area contributed by atoms with Gasteiger partial charge in [-0.1, -0.05) is 0 Å². The van der Waals surface area contributed by atoms with E-state index in [2.05, 4.69) is 4.98 Å². The maximum Gasteiger partial charge on any atom is 0.340 e. The van der Waals surface area contributed by atoms with Gasteiger partial charge in [0.1, 0.15) is 42.0 Å². The fourth-order valence-corrected chi connectivity index (χ4v) is 9.27. The molecule has 1 saturated heterocycles. The number of fused-ring (bicyclic) bond motifs is 5. The maximum absolute atomic E-state index is 14.2. The molecule has 2 aliphatic carbocycles. The summed E-state index contributed by atoms with van der Waals surface area (Å²) in [5.74, 6) is -12.8. The predicted molar refractivity (Wildman–Crippen MR) is 186 cm³/mol. The van der Waals surface area contributed by atoms with Crippen LogP contribution in [0.1, 0.15) is 70.9 Å². The molecule has 1 aromatic rings. The first-order valence-electron chi connectivity index (χ1n) is 18.5. The number of esters is 8. The van der Waals surface area contributed by atoms with E-state index in [1.54, 1.807) is 0 Å². The van der Waals surface area contributed by atoms with Crippen LogP contribution >= 0.6 is 0 Å². The Morgan fingerprint density at radius 3 is 1.91 bits per heavy atom. The van der Waals surface area contributed by atoms with Crippen molar-refractivity contribution in [2.45, 2.75) is 109 Å². The van der Waals surface area contributed by atoms with E-state index >= 15 is 0 Å². The number of cyclic esters (lactones) is 1. The van der Waals surface area contributed by atoms with Gasteiger partial charge in [0.15, 0.2) is 24.4 Å². The highest BCUT2D eigenvalue weighted by atomic mass is 16.7. The summed E-state index contributed by atoms with van der Waals surface area (Å²) in [5, 5.41) is 22.0. The lowest BCUT2D eigenvalue weighted by molar-refractivity contribution is -0.354. The van der Waals surface area contributed by atoms with Crippen molar-refractivity contribution in [1.29, 1.82) is 0 Å². The van der Waals surface area contributed by atoms with Crippen LogP contribution in [-0.4, -0.2) is 137 Å². The standard InChI is InChI=1S/C38H47NO19/c1-17(42)50-16-37-32(55-21(5)46)29(52-18(2)43)27-31(54-20(4)45)38(37)25(14-41)28(30(53-19(3)44)33(37)56-22(6)47)57-34(48)23(13-40)10-11-26-24(9-8-12-39-26)35(49)51-15-36(27,7)58-38/h8-9,12,23,25,27-33,40-41H,10-11,13-16H2,1-7H3/t23-,25+,27-,28+,29+,30-,31+,32+,33-,36-,37+,38+/m0/s1. The molecule has 20 nitrogen and oxygen atoms in total. The van der Waals surface area contributed by atoms with E-state index in [1.807, 2.05) is 0 Å². The van der Waals surface area contributed by atoms with Gasteiger partial charge in [-0.2, -0.15) is 0 Å². The molecule has 0 radical (unpaired) electrons. The van der Waals surface area contributed by atoms with E-state index < -0.39 is 145 Å². The smallest absolute Gasteiger partial charge is 0.340 e. The summed E-state index contributed by atoms with van der Waals surface area (Å²) in [5.41, 5.74) is -6.90. The first-order valence-corrected chi connectivity index (χ1v) is 18.5. The Hall–Kier alpha value is -5.21. The molecule has 0 aromatic carbocycles. The lowest BCUT2D eigenvalue weighted by atomic mass is 9.46. The average Bonchev–Trinajstić information content (AvgIpc) is 3.33. The molecule has 2 N–H and O–H groups in total. The third kappa shape index (κ3) is 7.71. The average molecular weight is 822 g/mol. The largest absolute Gasteiger partial charge is 0.465 e. The maximum atomic E-state index is 14.2. The van der Waals surface area contributed by atoms with Crippen LogP contribution in [0.4, 0.5) is 0 Å². The first kappa shape index (κ1) is 43.9. The van der Waals surface area contributed by atoms with E-state index in [1.165, 1.54) is 25.3 Å². The molecule has 318 valence electrons. The minimum atomic E-state index is -2.53. The molecule has 2 aliphatic heterocycles. The molecule has 3 heterocycles. The van der Waals surface area contributed by atoms with Crippen LogP contribution in [0, 0.1) is 23.2 Å². The number of carbonyl (C=O) groups excluding carboxylic acids is 8. The zero-order chi connectivity index (χ0) is 42.9. The van der Waals surface area contributed by atoms with Crippen molar-refractivity contribution in [2.75, 3.05) is 26.4 Å². The Morgan fingerprint density at radius 2 is 1.36 bits per heavy atom. The highest BCUT2D eigenvalue weighted by Crippen LogP contribution is 2.69. The number of aromatic nitrogens is 1. The molecule has 3 fully saturated rings. The summed E-state index contributed by atoms with van der Waals surface area (Å²) < 4.78 is 54.4. The summed E-state index contributed by atoms with van der Waals surface area (Å²) in [6.07, 6.45) is -10.3. The molecule has 1 spiro atoms. The van der Waals surface area contributed by atoms with E-state index in [0.717, 1.165) is 41.5 Å². The lowest BCUT2D eigenvalue weighted by Gasteiger charge is -2.65. The topological polar surface area (TPSA) is 273 Å². The van der Waals surface area contributed by atoms with Crippen molar-refractivity contribution < 1.29 is 91.2 Å². The van der Waals surface area contributed by atoms with Gasteiger partial charge in [0.25, 0.3) is 0 Å². The van der Waals surface area contributed by atoms with Gasteiger partial charge in [-0.05, 0) is 31.9 Å². The normalized spacial score (nSPS) is 35.4. The minimum Gasteiger partial charge on any atom is -0.465 e. The molecule has 4 aliphatic rings. The van der Waals surface area contributed by atoms with Crippen LogP contribution < -0.4 is 0 Å². The molecule has 0 amide bonds. The van der Waals surface area contributed by atoms with Crippen molar-refractivity contribution in [3.8, 4) is 0 Å². The number of carbonyl (C=O) groups is 8. The minimum absolute atomic E-state index is 0.0305. The van der Waals surface area contributed by atoms with Crippen molar-refractivity contribution in [3.05, 3.63) is 29.6 Å². The number of aryl methyl sites for hydroxylation is 1. The number of pyridine rings is 1. The van der Waals surface area contributed by atoms with E-state index in [9.17, 15) is 48.6 Å². The quantitative estimate of drug-likeness (QED) is 0.239. The zero-order valence-electron chi connectivity index (χ0n) is 33.0. The number of nitrogens with zero attached hydrogens (tertiary/aromatic N) is 1. The summed E-state index contributed by atoms with van der Waals surface area (Å²) in [6, 6.07) is 2.88. The number of ether oxygens (including phenoxy) is 9. The van der Waals surface area contributed by atoms with Gasteiger partial charge >= 0.3 is 47.8 Å². The molecule has 0 unspecified atom stereocenters. The number of aliphatic hydroxyl groups is 2.